The van der Waals surface area contributed by atoms with Crippen molar-refractivity contribution in [3.05, 3.63) is 35.4 Å². The van der Waals surface area contributed by atoms with E-state index in [1.165, 1.54) is 17.5 Å². The highest BCUT2D eigenvalue weighted by atomic mass is 16.2. The number of carbonyl (C=O) groups excluding carboxylic acids is 1. The molecule has 0 radical (unpaired) electrons. The van der Waals surface area contributed by atoms with Crippen LogP contribution in [-0.4, -0.2) is 30.4 Å². The van der Waals surface area contributed by atoms with E-state index >= 15 is 0 Å². The zero-order valence-corrected chi connectivity index (χ0v) is 13.7. The molecule has 120 valence electrons. The summed E-state index contributed by atoms with van der Waals surface area (Å²) >= 11 is 0. The number of aryl methyl sites for hydroxylation is 1. The van der Waals surface area contributed by atoms with Gasteiger partial charge in [0.2, 0.25) is 5.91 Å². The molecule has 2 atom stereocenters. The highest BCUT2D eigenvalue weighted by Crippen LogP contribution is 2.36. The maximum Gasteiger partial charge on any atom is 0.223 e. The summed E-state index contributed by atoms with van der Waals surface area (Å²) in [5.74, 6) is 1.05. The van der Waals surface area contributed by atoms with Crippen LogP contribution in [0.2, 0.25) is 0 Å². The minimum Gasteiger partial charge on any atom is -0.336 e. The third-order valence-corrected chi connectivity index (χ3v) is 5.19. The quantitative estimate of drug-likeness (QED) is 0.874. The van der Waals surface area contributed by atoms with Crippen LogP contribution in [0.3, 0.4) is 0 Å². The van der Waals surface area contributed by atoms with Gasteiger partial charge in [-0.2, -0.15) is 0 Å². The molecule has 0 spiro atoms. The lowest BCUT2D eigenvalue weighted by Crippen LogP contribution is -2.35. The maximum absolute atomic E-state index is 12.8. The van der Waals surface area contributed by atoms with E-state index in [9.17, 15) is 4.79 Å². The van der Waals surface area contributed by atoms with Gasteiger partial charge < -0.3 is 10.2 Å². The summed E-state index contributed by atoms with van der Waals surface area (Å²) in [6, 6.07) is 8.96. The molecule has 0 aromatic heterocycles. The number of amides is 1. The van der Waals surface area contributed by atoms with Gasteiger partial charge in [-0.25, -0.2) is 0 Å². The standard InChI is InChI=1S/C19H28N2O/c1-2-13-21(19(22)10-7-15-11-12-20-14-15)18-9-8-16-5-3-4-6-17(16)18/h3-6,15,18,20H,2,7-14H2,1H3. The van der Waals surface area contributed by atoms with Crippen LogP contribution in [0.4, 0.5) is 0 Å². The molecular weight excluding hydrogens is 272 g/mol. The molecule has 1 N–H and O–H groups in total. The van der Waals surface area contributed by atoms with E-state index in [1.54, 1.807) is 0 Å². The zero-order valence-electron chi connectivity index (χ0n) is 13.7. The zero-order chi connectivity index (χ0) is 15.4. The Hall–Kier alpha value is -1.35. The molecule has 1 amide bonds. The molecule has 0 saturated carbocycles. The van der Waals surface area contributed by atoms with Gasteiger partial charge in [0.1, 0.15) is 0 Å². The van der Waals surface area contributed by atoms with Gasteiger partial charge in [0.05, 0.1) is 6.04 Å². The second-order valence-electron chi connectivity index (χ2n) is 6.74. The van der Waals surface area contributed by atoms with Gasteiger partial charge in [0.15, 0.2) is 0 Å². The Kier molecular flexibility index (Phi) is 5.14. The number of nitrogens with one attached hydrogen (secondary N) is 1. The second kappa shape index (κ2) is 7.28. The van der Waals surface area contributed by atoms with Gasteiger partial charge in [0.25, 0.3) is 0 Å². The molecule has 1 aliphatic carbocycles. The monoisotopic (exact) mass is 300 g/mol. The van der Waals surface area contributed by atoms with Crippen molar-refractivity contribution >= 4 is 5.91 Å². The Morgan fingerprint density at radius 1 is 1.32 bits per heavy atom. The molecule has 1 aromatic rings. The lowest BCUT2D eigenvalue weighted by molar-refractivity contribution is -0.134. The summed E-state index contributed by atoms with van der Waals surface area (Å²) in [5, 5.41) is 3.39. The highest BCUT2D eigenvalue weighted by Gasteiger charge is 2.30. The first-order valence-corrected chi connectivity index (χ1v) is 8.87. The van der Waals surface area contributed by atoms with Gasteiger partial charge >= 0.3 is 0 Å². The van der Waals surface area contributed by atoms with E-state index < -0.39 is 0 Å². The number of hydrogen-bond acceptors (Lipinski definition) is 2. The predicted octanol–water partition coefficient (Wildman–Crippen LogP) is 3.30. The first-order chi connectivity index (χ1) is 10.8. The van der Waals surface area contributed by atoms with Crippen LogP contribution in [0, 0.1) is 5.92 Å². The number of fused-ring (bicyclic) bond motifs is 1. The van der Waals surface area contributed by atoms with Gasteiger partial charge in [-0.15, -0.1) is 0 Å². The van der Waals surface area contributed by atoms with Crippen molar-refractivity contribution in [3.8, 4) is 0 Å². The van der Waals surface area contributed by atoms with Crippen LogP contribution in [0.15, 0.2) is 24.3 Å². The molecule has 1 fully saturated rings. The van der Waals surface area contributed by atoms with Crippen LogP contribution < -0.4 is 5.32 Å². The van der Waals surface area contributed by atoms with Crippen LogP contribution in [0.25, 0.3) is 0 Å². The van der Waals surface area contributed by atoms with Crippen molar-refractivity contribution in [2.75, 3.05) is 19.6 Å². The Balaban J connectivity index is 1.65. The normalized spacial score (nSPS) is 23.5. The van der Waals surface area contributed by atoms with E-state index in [4.69, 9.17) is 0 Å². The van der Waals surface area contributed by atoms with E-state index in [0.29, 0.717) is 24.3 Å². The number of benzene rings is 1. The molecule has 1 aromatic carbocycles. The molecule has 3 nitrogen and oxygen atoms in total. The molecule has 1 saturated heterocycles. The van der Waals surface area contributed by atoms with Crippen molar-refractivity contribution in [3.63, 3.8) is 0 Å². The number of nitrogens with zero attached hydrogens (tertiary/aromatic N) is 1. The first-order valence-electron chi connectivity index (χ1n) is 8.87. The van der Waals surface area contributed by atoms with Gasteiger partial charge in [0, 0.05) is 13.0 Å². The molecule has 3 heteroatoms. The molecule has 3 rings (SSSR count). The predicted molar refractivity (Wildman–Crippen MR) is 89.7 cm³/mol. The third kappa shape index (κ3) is 3.35. The van der Waals surface area contributed by atoms with Crippen LogP contribution in [-0.2, 0) is 11.2 Å². The maximum atomic E-state index is 12.8. The molecule has 2 unspecified atom stereocenters. The van der Waals surface area contributed by atoms with Crippen LogP contribution in [0.1, 0.15) is 56.2 Å². The molecule has 0 bridgehead atoms. The van der Waals surface area contributed by atoms with Gasteiger partial charge in [-0.1, -0.05) is 31.2 Å². The molecule has 1 heterocycles. The summed E-state index contributed by atoms with van der Waals surface area (Å²) in [6.07, 6.45) is 6.23. The summed E-state index contributed by atoms with van der Waals surface area (Å²) in [6.45, 7) is 5.27. The summed E-state index contributed by atoms with van der Waals surface area (Å²) in [4.78, 5) is 15.0. The second-order valence-corrected chi connectivity index (χ2v) is 6.74. The van der Waals surface area contributed by atoms with E-state index in [0.717, 1.165) is 45.3 Å². The topological polar surface area (TPSA) is 32.3 Å². The summed E-state index contributed by atoms with van der Waals surface area (Å²) in [7, 11) is 0. The van der Waals surface area contributed by atoms with E-state index in [-0.39, 0.29) is 0 Å². The van der Waals surface area contributed by atoms with Crippen molar-refractivity contribution in [2.24, 2.45) is 5.92 Å². The van der Waals surface area contributed by atoms with E-state index in [2.05, 4.69) is 41.4 Å². The average Bonchev–Trinajstić information content (AvgIpc) is 3.20. The van der Waals surface area contributed by atoms with Crippen molar-refractivity contribution in [1.29, 1.82) is 0 Å². The van der Waals surface area contributed by atoms with Crippen LogP contribution >= 0.6 is 0 Å². The summed E-state index contributed by atoms with van der Waals surface area (Å²) in [5.41, 5.74) is 2.81. The molecule has 22 heavy (non-hydrogen) atoms. The SMILES string of the molecule is CCCN(C(=O)CCC1CCNC1)C1CCc2ccccc21. The highest BCUT2D eigenvalue weighted by molar-refractivity contribution is 5.77. The average molecular weight is 300 g/mol. The summed E-state index contributed by atoms with van der Waals surface area (Å²) < 4.78 is 0. The Morgan fingerprint density at radius 3 is 2.95 bits per heavy atom. The third-order valence-electron chi connectivity index (χ3n) is 5.19. The molecule has 2 aliphatic rings. The van der Waals surface area contributed by atoms with E-state index in [1.807, 2.05) is 0 Å². The lowest BCUT2D eigenvalue weighted by Gasteiger charge is -2.30. The minimum atomic E-state index is 0.311. The van der Waals surface area contributed by atoms with Crippen molar-refractivity contribution in [1.82, 2.24) is 10.2 Å². The fourth-order valence-corrected chi connectivity index (χ4v) is 3.99. The van der Waals surface area contributed by atoms with Gasteiger partial charge in [-0.3, -0.25) is 4.79 Å². The molecular formula is C19H28N2O. The number of carbonyl (C=O) groups is 1. The number of hydrogen-bond donors (Lipinski definition) is 1. The smallest absolute Gasteiger partial charge is 0.223 e. The molecule has 1 aliphatic heterocycles. The lowest BCUT2D eigenvalue weighted by atomic mass is 10.0. The minimum absolute atomic E-state index is 0.311. The number of rotatable bonds is 6. The Bertz CT molecular complexity index is 508. The van der Waals surface area contributed by atoms with Gasteiger partial charge in [-0.05, 0) is 62.2 Å². The van der Waals surface area contributed by atoms with Crippen LogP contribution in [0.5, 0.6) is 0 Å². The largest absolute Gasteiger partial charge is 0.336 e. The Labute approximate surface area is 134 Å². The Morgan fingerprint density at radius 2 is 2.18 bits per heavy atom. The van der Waals surface area contributed by atoms with Crippen molar-refractivity contribution in [2.45, 2.75) is 51.5 Å². The first kappa shape index (κ1) is 15.5. The fraction of sp³-hybridized carbons (Fsp3) is 0.632. The van der Waals surface area contributed by atoms with Crippen molar-refractivity contribution < 1.29 is 4.79 Å². The fourth-order valence-electron chi connectivity index (χ4n) is 3.99.